The molecule has 190 valence electrons. The number of amides is 2. The number of benzene rings is 4. The molecule has 2 heterocycles. The van der Waals surface area contributed by atoms with Crippen molar-refractivity contribution in [1.29, 1.82) is 0 Å². The van der Waals surface area contributed by atoms with Gasteiger partial charge in [0.05, 0.1) is 12.2 Å². The van der Waals surface area contributed by atoms with E-state index in [1.807, 2.05) is 84.6 Å². The fraction of sp³-hybridized carbons (Fsp3) is 0.0882. The number of aromatic nitrogens is 1. The van der Waals surface area contributed by atoms with Gasteiger partial charge in [-0.15, -0.1) is 0 Å². The Morgan fingerprint density at radius 3 is 2.26 bits per heavy atom. The second-order valence-corrected chi connectivity index (χ2v) is 9.71. The fourth-order valence-electron chi connectivity index (χ4n) is 5.20. The highest BCUT2D eigenvalue weighted by atomic mass is 16.2. The molecule has 0 atom stereocenters. The van der Waals surface area contributed by atoms with Crippen LogP contribution in [0.15, 0.2) is 115 Å². The highest BCUT2D eigenvalue weighted by Gasteiger charge is 2.26. The van der Waals surface area contributed by atoms with Crippen molar-refractivity contribution in [3.05, 3.63) is 149 Å². The summed E-state index contributed by atoms with van der Waals surface area (Å²) < 4.78 is 0. The average molecular weight is 510 g/mol. The number of nitrogens with one attached hydrogen (secondary N) is 1. The van der Waals surface area contributed by atoms with Crippen molar-refractivity contribution in [2.75, 3.05) is 10.2 Å². The van der Waals surface area contributed by atoms with E-state index in [1.165, 1.54) is 5.56 Å². The van der Waals surface area contributed by atoms with E-state index in [2.05, 4.69) is 28.5 Å². The van der Waals surface area contributed by atoms with Gasteiger partial charge in [-0.2, -0.15) is 0 Å². The van der Waals surface area contributed by atoms with Crippen molar-refractivity contribution in [1.82, 2.24) is 4.98 Å². The minimum absolute atomic E-state index is 0.0602. The quantitative estimate of drug-likeness (QED) is 0.282. The number of nitrogens with zero attached hydrogens (tertiary/aromatic N) is 2. The van der Waals surface area contributed by atoms with Crippen LogP contribution < -0.4 is 10.2 Å². The summed E-state index contributed by atoms with van der Waals surface area (Å²) in [5, 5.41) is 3.00. The smallest absolute Gasteiger partial charge is 0.258 e. The van der Waals surface area contributed by atoms with E-state index in [-0.39, 0.29) is 11.8 Å². The van der Waals surface area contributed by atoms with Gasteiger partial charge in [0.2, 0.25) is 0 Å². The van der Waals surface area contributed by atoms with Crippen molar-refractivity contribution in [2.24, 2.45) is 0 Å². The first kappa shape index (κ1) is 24.3. The maximum absolute atomic E-state index is 13.9. The summed E-state index contributed by atoms with van der Waals surface area (Å²) in [6.07, 6.45) is 2.50. The molecule has 0 unspecified atom stereocenters. The minimum atomic E-state index is -0.229. The van der Waals surface area contributed by atoms with Crippen molar-refractivity contribution in [3.63, 3.8) is 0 Å². The third-order valence-electron chi connectivity index (χ3n) is 7.18. The second-order valence-electron chi connectivity index (χ2n) is 9.71. The summed E-state index contributed by atoms with van der Waals surface area (Å²) in [5.41, 5.74) is 8.52. The number of aryl methyl sites for hydroxylation is 1. The van der Waals surface area contributed by atoms with E-state index in [9.17, 15) is 9.59 Å². The number of hydrogen-bond donors (Lipinski definition) is 1. The molecule has 2 amide bonds. The molecule has 6 rings (SSSR count). The zero-order chi connectivity index (χ0) is 26.8. The summed E-state index contributed by atoms with van der Waals surface area (Å²) in [6, 6.07) is 34.9. The number of carbonyl (C=O) groups is 2. The van der Waals surface area contributed by atoms with Crippen molar-refractivity contribution in [2.45, 2.75) is 19.9 Å². The molecular formula is C34H27N3O2. The molecule has 1 aliphatic heterocycles. The van der Waals surface area contributed by atoms with Crippen molar-refractivity contribution >= 4 is 23.2 Å². The number of carbonyl (C=O) groups excluding carboxylic acids is 2. The summed E-state index contributed by atoms with van der Waals surface area (Å²) in [5.74, 6) is -0.289. The molecule has 39 heavy (non-hydrogen) atoms. The van der Waals surface area contributed by atoms with Crippen LogP contribution in [0.5, 0.6) is 0 Å². The van der Waals surface area contributed by atoms with E-state index in [4.69, 9.17) is 0 Å². The van der Waals surface area contributed by atoms with Gasteiger partial charge in [0.1, 0.15) is 0 Å². The molecule has 1 aromatic heterocycles. The standard InChI is InChI=1S/C34H27N3O2/c1-23-20-27(36-33(38)30-14-6-5-13-29(30)31-15-8-9-19-35-31)17-18-28(23)34(39)37-22-26-12-3-2-10-24(26)21-25-11-4-7-16-32(25)37/h2-20H,21-22H2,1H3,(H,36,38). The molecule has 5 aromatic rings. The maximum atomic E-state index is 13.9. The Balaban J connectivity index is 1.28. The predicted octanol–water partition coefficient (Wildman–Crippen LogP) is 7.06. The Morgan fingerprint density at radius 1 is 0.744 bits per heavy atom. The highest BCUT2D eigenvalue weighted by Crippen LogP contribution is 2.32. The molecule has 0 radical (unpaired) electrons. The number of fused-ring (bicyclic) bond motifs is 2. The molecule has 0 saturated heterocycles. The lowest BCUT2D eigenvalue weighted by molar-refractivity contribution is 0.0983. The van der Waals surface area contributed by atoms with Gasteiger partial charge >= 0.3 is 0 Å². The topological polar surface area (TPSA) is 62.3 Å². The average Bonchev–Trinajstić information content (AvgIpc) is 3.14. The van der Waals surface area contributed by atoms with Crippen LogP contribution in [0.25, 0.3) is 11.3 Å². The monoisotopic (exact) mass is 509 g/mol. The van der Waals surface area contributed by atoms with E-state index in [1.54, 1.807) is 24.4 Å². The normalized spacial score (nSPS) is 12.2. The Bertz CT molecular complexity index is 1690. The van der Waals surface area contributed by atoms with Crippen molar-refractivity contribution in [3.8, 4) is 11.3 Å². The summed E-state index contributed by atoms with van der Waals surface area (Å²) in [6.45, 7) is 2.41. The van der Waals surface area contributed by atoms with Gasteiger partial charge in [-0.25, -0.2) is 0 Å². The molecule has 0 saturated carbocycles. The van der Waals surface area contributed by atoms with Crippen LogP contribution >= 0.6 is 0 Å². The molecule has 5 nitrogen and oxygen atoms in total. The summed E-state index contributed by atoms with van der Waals surface area (Å²) >= 11 is 0. The first-order valence-electron chi connectivity index (χ1n) is 13.0. The Morgan fingerprint density at radius 2 is 1.46 bits per heavy atom. The van der Waals surface area contributed by atoms with Gasteiger partial charge in [0.25, 0.3) is 11.8 Å². The lowest BCUT2D eigenvalue weighted by Crippen LogP contribution is -2.31. The summed E-state index contributed by atoms with van der Waals surface area (Å²) in [7, 11) is 0. The first-order chi connectivity index (χ1) is 19.1. The van der Waals surface area contributed by atoms with E-state index >= 15 is 0 Å². The lowest BCUT2D eigenvalue weighted by Gasteiger charge is -2.24. The van der Waals surface area contributed by atoms with Crippen LogP contribution in [-0.2, 0) is 13.0 Å². The van der Waals surface area contributed by atoms with Gasteiger partial charge in [-0.3, -0.25) is 14.6 Å². The number of hydrogen-bond acceptors (Lipinski definition) is 3. The lowest BCUT2D eigenvalue weighted by atomic mass is 10.0. The Labute approximate surface area is 227 Å². The van der Waals surface area contributed by atoms with Gasteiger partial charge in [-0.1, -0.05) is 66.7 Å². The molecular weight excluding hydrogens is 482 g/mol. The van der Waals surface area contributed by atoms with Gasteiger partial charge < -0.3 is 10.2 Å². The van der Waals surface area contributed by atoms with Crippen LogP contribution in [-0.4, -0.2) is 16.8 Å². The van der Waals surface area contributed by atoms with Crippen LogP contribution in [0.1, 0.15) is 43.0 Å². The molecule has 0 fully saturated rings. The zero-order valence-corrected chi connectivity index (χ0v) is 21.6. The van der Waals surface area contributed by atoms with Crippen LogP contribution in [0.4, 0.5) is 11.4 Å². The van der Waals surface area contributed by atoms with Gasteiger partial charge in [0, 0.05) is 34.3 Å². The largest absolute Gasteiger partial charge is 0.322 e. The van der Waals surface area contributed by atoms with Crippen LogP contribution in [0, 0.1) is 6.92 Å². The Hall–Kier alpha value is -5.03. The van der Waals surface area contributed by atoms with Gasteiger partial charge in [-0.05, 0) is 78.1 Å². The fourth-order valence-corrected chi connectivity index (χ4v) is 5.20. The maximum Gasteiger partial charge on any atom is 0.258 e. The Kier molecular flexibility index (Phi) is 6.47. The van der Waals surface area contributed by atoms with Crippen LogP contribution in [0.2, 0.25) is 0 Å². The summed E-state index contributed by atoms with van der Waals surface area (Å²) in [4.78, 5) is 33.5. The van der Waals surface area contributed by atoms with Crippen molar-refractivity contribution < 1.29 is 9.59 Å². The zero-order valence-electron chi connectivity index (χ0n) is 21.6. The number of anilines is 2. The van der Waals surface area contributed by atoms with E-state index in [0.717, 1.165) is 40.1 Å². The van der Waals surface area contributed by atoms with E-state index < -0.39 is 0 Å². The second kappa shape index (κ2) is 10.4. The molecule has 0 spiro atoms. The third kappa shape index (κ3) is 4.82. The SMILES string of the molecule is Cc1cc(NC(=O)c2ccccc2-c2ccccn2)ccc1C(=O)N1Cc2ccccc2Cc2ccccc21. The molecule has 4 aromatic carbocycles. The third-order valence-corrected chi connectivity index (χ3v) is 7.18. The molecule has 0 bridgehead atoms. The van der Waals surface area contributed by atoms with E-state index in [0.29, 0.717) is 23.4 Å². The highest BCUT2D eigenvalue weighted by molar-refractivity contribution is 6.10. The minimum Gasteiger partial charge on any atom is -0.322 e. The number of pyridine rings is 1. The first-order valence-corrected chi connectivity index (χ1v) is 13.0. The molecule has 5 heteroatoms. The molecule has 1 aliphatic rings. The van der Waals surface area contributed by atoms with Crippen LogP contribution in [0.3, 0.4) is 0 Å². The number of para-hydroxylation sites is 1. The predicted molar refractivity (Wildman–Crippen MR) is 155 cm³/mol. The molecule has 0 aliphatic carbocycles. The number of rotatable bonds is 4. The molecule has 1 N–H and O–H groups in total. The van der Waals surface area contributed by atoms with Gasteiger partial charge in [0.15, 0.2) is 0 Å².